The zero-order valence-electron chi connectivity index (χ0n) is 32.2. The van der Waals surface area contributed by atoms with Crippen LogP contribution in [0, 0.1) is 0 Å². The SMILES string of the molecule is CCCCCCCC/C=C\CCCCCCCC(=O)NCC[N+](C)(C)CCNC(=O)CCCCCCC/C=C\CCCCCCCC. The number of allylic oxidation sites excluding steroid dienone is 4. The fraction of sp³-hybridized carbons (Fsp3) is 0.857. The van der Waals surface area contributed by atoms with Gasteiger partial charge in [-0.15, -0.1) is 0 Å². The van der Waals surface area contributed by atoms with Crippen LogP contribution in [0.15, 0.2) is 24.3 Å². The lowest BCUT2D eigenvalue weighted by Gasteiger charge is -2.30. The number of likely N-dealkylation sites (N-methyl/N-ethyl adjacent to an activating group) is 1. The lowest BCUT2D eigenvalue weighted by Crippen LogP contribution is -2.49. The predicted molar refractivity (Wildman–Crippen MR) is 207 cm³/mol. The number of amides is 2. The zero-order chi connectivity index (χ0) is 34.5. The van der Waals surface area contributed by atoms with Crippen molar-refractivity contribution in [3.8, 4) is 0 Å². The van der Waals surface area contributed by atoms with Gasteiger partial charge in [-0.25, -0.2) is 0 Å². The molecule has 0 spiro atoms. The molecule has 0 rings (SSSR count). The molecule has 0 radical (unpaired) electrons. The number of nitrogens with zero attached hydrogens (tertiary/aromatic N) is 1. The number of hydrogen-bond donors (Lipinski definition) is 2. The van der Waals surface area contributed by atoms with Crippen LogP contribution in [-0.4, -0.2) is 56.6 Å². The van der Waals surface area contributed by atoms with E-state index in [1.54, 1.807) is 0 Å². The Kier molecular flexibility index (Phi) is 34.5. The van der Waals surface area contributed by atoms with E-state index >= 15 is 0 Å². The van der Waals surface area contributed by atoms with E-state index in [0.29, 0.717) is 25.9 Å². The molecular formula is C42H82N3O2+. The molecular weight excluding hydrogens is 578 g/mol. The van der Waals surface area contributed by atoms with E-state index in [9.17, 15) is 9.59 Å². The Bertz CT molecular complexity index is 686. The van der Waals surface area contributed by atoms with Crippen LogP contribution < -0.4 is 10.6 Å². The van der Waals surface area contributed by atoms with Gasteiger partial charge in [0, 0.05) is 12.8 Å². The van der Waals surface area contributed by atoms with Crippen molar-refractivity contribution >= 4 is 11.8 Å². The number of quaternary nitrogens is 1. The van der Waals surface area contributed by atoms with Crippen LogP contribution in [0.5, 0.6) is 0 Å². The third-order valence-electron chi connectivity index (χ3n) is 9.41. The summed E-state index contributed by atoms with van der Waals surface area (Å²) in [6, 6.07) is 0. The molecule has 0 bridgehead atoms. The van der Waals surface area contributed by atoms with Gasteiger partial charge in [0.25, 0.3) is 0 Å². The zero-order valence-corrected chi connectivity index (χ0v) is 32.2. The van der Waals surface area contributed by atoms with E-state index < -0.39 is 0 Å². The van der Waals surface area contributed by atoms with Gasteiger partial charge in [-0.1, -0.05) is 141 Å². The largest absolute Gasteiger partial charge is 0.350 e. The lowest BCUT2D eigenvalue weighted by molar-refractivity contribution is -0.887. The van der Waals surface area contributed by atoms with E-state index in [2.05, 4.69) is 62.9 Å². The quantitative estimate of drug-likeness (QED) is 0.0399. The summed E-state index contributed by atoms with van der Waals surface area (Å²) >= 11 is 0. The van der Waals surface area contributed by atoms with Crippen LogP contribution >= 0.6 is 0 Å². The van der Waals surface area contributed by atoms with Gasteiger partial charge in [-0.3, -0.25) is 9.59 Å². The molecule has 0 fully saturated rings. The summed E-state index contributed by atoms with van der Waals surface area (Å²) in [5.74, 6) is 0.354. The van der Waals surface area contributed by atoms with E-state index in [4.69, 9.17) is 0 Å². The number of unbranched alkanes of at least 4 members (excludes halogenated alkanes) is 22. The molecule has 0 saturated carbocycles. The summed E-state index contributed by atoms with van der Waals surface area (Å²) in [6.45, 7) is 7.69. The van der Waals surface area contributed by atoms with E-state index in [1.165, 1.54) is 141 Å². The number of nitrogens with one attached hydrogen (secondary N) is 2. The molecule has 0 aliphatic carbocycles. The Morgan fingerprint density at radius 1 is 0.426 bits per heavy atom. The first-order valence-electron chi connectivity index (χ1n) is 20.6. The van der Waals surface area contributed by atoms with Gasteiger partial charge in [0.2, 0.25) is 11.8 Å². The van der Waals surface area contributed by atoms with Crippen molar-refractivity contribution < 1.29 is 14.1 Å². The smallest absolute Gasteiger partial charge is 0.220 e. The second kappa shape index (κ2) is 35.7. The Morgan fingerprint density at radius 3 is 1.02 bits per heavy atom. The average molecular weight is 661 g/mol. The first-order valence-corrected chi connectivity index (χ1v) is 20.6. The van der Waals surface area contributed by atoms with Gasteiger partial charge >= 0.3 is 0 Å². The van der Waals surface area contributed by atoms with Gasteiger partial charge in [0.1, 0.15) is 0 Å². The summed E-state index contributed by atoms with van der Waals surface area (Å²) in [7, 11) is 4.35. The normalized spacial score (nSPS) is 12.0. The lowest BCUT2D eigenvalue weighted by atomic mass is 10.1. The molecule has 5 heteroatoms. The van der Waals surface area contributed by atoms with Gasteiger partial charge in [0.05, 0.1) is 40.3 Å². The fourth-order valence-electron chi connectivity index (χ4n) is 6.00. The van der Waals surface area contributed by atoms with Gasteiger partial charge < -0.3 is 15.1 Å². The predicted octanol–water partition coefficient (Wildman–Crippen LogP) is 11.4. The third-order valence-corrected chi connectivity index (χ3v) is 9.41. The molecule has 0 atom stereocenters. The molecule has 0 unspecified atom stereocenters. The van der Waals surface area contributed by atoms with Crippen LogP contribution in [0.4, 0.5) is 0 Å². The van der Waals surface area contributed by atoms with Gasteiger partial charge in [-0.05, 0) is 64.2 Å². The minimum absolute atomic E-state index is 0.177. The minimum atomic E-state index is 0.177. The molecule has 0 aliphatic heterocycles. The molecule has 0 aromatic heterocycles. The molecule has 0 aliphatic rings. The molecule has 0 aromatic rings. The van der Waals surface area contributed by atoms with Crippen LogP contribution in [0.3, 0.4) is 0 Å². The monoisotopic (exact) mass is 661 g/mol. The highest BCUT2D eigenvalue weighted by Crippen LogP contribution is 2.11. The van der Waals surface area contributed by atoms with Crippen molar-refractivity contribution in [2.45, 2.75) is 194 Å². The molecule has 47 heavy (non-hydrogen) atoms. The number of hydrogen-bond acceptors (Lipinski definition) is 2. The summed E-state index contributed by atoms with van der Waals surface area (Å²) in [6.07, 6.45) is 43.9. The Labute approximate surface area is 294 Å². The Hall–Kier alpha value is -1.62. The molecule has 5 nitrogen and oxygen atoms in total. The highest BCUT2D eigenvalue weighted by molar-refractivity contribution is 5.76. The number of rotatable bonds is 36. The Morgan fingerprint density at radius 2 is 0.702 bits per heavy atom. The summed E-state index contributed by atoms with van der Waals surface area (Å²) in [5, 5.41) is 6.21. The maximum Gasteiger partial charge on any atom is 0.220 e. The highest BCUT2D eigenvalue weighted by Gasteiger charge is 2.15. The van der Waals surface area contributed by atoms with Crippen molar-refractivity contribution in [2.75, 3.05) is 40.3 Å². The van der Waals surface area contributed by atoms with E-state index in [1.807, 2.05) is 0 Å². The summed E-state index contributed by atoms with van der Waals surface area (Å²) in [5.41, 5.74) is 0. The van der Waals surface area contributed by atoms with Crippen LogP contribution in [0.1, 0.15) is 194 Å². The Balaban J connectivity index is 3.55. The average Bonchev–Trinajstić information content (AvgIpc) is 3.04. The maximum atomic E-state index is 12.3. The van der Waals surface area contributed by atoms with Crippen molar-refractivity contribution in [1.29, 1.82) is 0 Å². The standard InChI is InChI=1S/C42H81N3O2/c1-5-7-9-11-13-15-17-19-21-23-25-27-29-31-33-35-41(46)43-37-39-45(3,4)40-38-44-42(47)36-34-32-30-28-26-24-22-20-18-16-14-12-10-8-6-2/h19-22H,5-18,23-40H2,1-4H3,(H-,43,44,46,47)/p+1/b21-19-,22-20-. The number of carbonyl (C=O) groups is 2. The first kappa shape index (κ1) is 45.4. The van der Waals surface area contributed by atoms with E-state index in [0.717, 1.165) is 43.3 Å². The second-order valence-corrected chi connectivity index (χ2v) is 14.8. The van der Waals surface area contributed by atoms with E-state index in [-0.39, 0.29) is 11.8 Å². The van der Waals surface area contributed by atoms with Crippen molar-refractivity contribution in [1.82, 2.24) is 10.6 Å². The molecule has 2 N–H and O–H groups in total. The fourth-order valence-corrected chi connectivity index (χ4v) is 6.00. The molecule has 0 heterocycles. The first-order chi connectivity index (χ1) is 22.9. The number of carbonyl (C=O) groups excluding carboxylic acids is 2. The minimum Gasteiger partial charge on any atom is -0.350 e. The van der Waals surface area contributed by atoms with Crippen LogP contribution in [0.25, 0.3) is 0 Å². The van der Waals surface area contributed by atoms with Gasteiger partial charge in [-0.2, -0.15) is 0 Å². The topological polar surface area (TPSA) is 58.2 Å². The molecule has 2 amide bonds. The summed E-state index contributed by atoms with van der Waals surface area (Å²) < 4.78 is 0.793. The summed E-state index contributed by atoms with van der Waals surface area (Å²) in [4.78, 5) is 24.5. The maximum absolute atomic E-state index is 12.3. The van der Waals surface area contributed by atoms with Crippen LogP contribution in [-0.2, 0) is 9.59 Å². The molecule has 0 saturated heterocycles. The molecule has 0 aromatic carbocycles. The van der Waals surface area contributed by atoms with Gasteiger partial charge in [0.15, 0.2) is 0 Å². The van der Waals surface area contributed by atoms with Crippen molar-refractivity contribution in [3.05, 3.63) is 24.3 Å². The van der Waals surface area contributed by atoms with Crippen molar-refractivity contribution in [2.24, 2.45) is 0 Å². The van der Waals surface area contributed by atoms with Crippen molar-refractivity contribution in [3.63, 3.8) is 0 Å². The highest BCUT2D eigenvalue weighted by atomic mass is 16.2. The molecule has 276 valence electrons. The van der Waals surface area contributed by atoms with Crippen LogP contribution in [0.2, 0.25) is 0 Å². The third kappa shape index (κ3) is 37.1. The second-order valence-electron chi connectivity index (χ2n) is 14.8.